The molecule has 3 rings (SSSR count). The monoisotopic (exact) mass is 480 g/mol. The van der Waals surface area contributed by atoms with Gasteiger partial charge in [0, 0.05) is 6.07 Å². The van der Waals surface area contributed by atoms with Gasteiger partial charge in [-0.3, -0.25) is 4.79 Å². The molecule has 188 valence electrons. The molecule has 0 spiro atoms. The molecule has 0 aliphatic heterocycles. The van der Waals surface area contributed by atoms with E-state index in [1.54, 1.807) is 44.0 Å². The first-order valence-electron chi connectivity index (χ1n) is 11.9. The number of hydrogen-bond acceptors (Lipinski definition) is 6. The zero-order valence-corrected chi connectivity index (χ0v) is 21.9. The van der Waals surface area contributed by atoms with E-state index in [1.165, 1.54) is 0 Å². The quantitative estimate of drug-likeness (QED) is 0.422. The highest BCUT2D eigenvalue weighted by Gasteiger charge is 2.23. The number of hydrogen-bond donors (Lipinski definition) is 1. The minimum atomic E-state index is -0.365. The lowest BCUT2D eigenvalue weighted by Gasteiger charge is -2.23. The molecule has 1 amide bonds. The number of aromatic nitrogens is 3. The van der Waals surface area contributed by atoms with Crippen LogP contribution >= 0.6 is 0 Å². The van der Waals surface area contributed by atoms with Crippen molar-refractivity contribution in [2.45, 2.75) is 65.9 Å². The van der Waals surface area contributed by atoms with Crippen molar-refractivity contribution in [3.8, 4) is 22.9 Å². The second-order valence-electron chi connectivity index (χ2n) is 9.44. The minimum absolute atomic E-state index is 0.0641. The largest absolute Gasteiger partial charge is 0.497 e. The lowest BCUT2D eigenvalue weighted by Crippen LogP contribution is -2.19. The molecule has 2 aromatic carbocycles. The number of rotatable bonds is 9. The fourth-order valence-electron chi connectivity index (χ4n) is 3.74. The maximum Gasteiger partial charge on any atom is 0.278 e. The molecule has 0 aliphatic rings. The Morgan fingerprint density at radius 3 is 2.31 bits per heavy atom. The normalized spacial score (nSPS) is 11.5. The fourth-order valence-corrected chi connectivity index (χ4v) is 3.74. The van der Waals surface area contributed by atoms with Crippen LogP contribution in [0.2, 0.25) is 0 Å². The predicted molar refractivity (Wildman–Crippen MR) is 137 cm³/mol. The number of nitrogens with one attached hydrogen (secondary N) is 1. The first kappa shape index (κ1) is 26.1. The lowest BCUT2D eigenvalue weighted by molar-refractivity contribution is 0.102. The van der Waals surface area contributed by atoms with E-state index in [0.29, 0.717) is 34.3 Å². The van der Waals surface area contributed by atoms with Crippen molar-refractivity contribution in [2.75, 3.05) is 19.5 Å². The summed E-state index contributed by atoms with van der Waals surface area (Å²) in [6, 6.07) is 11.3. The van der Waals surface area contributed by atoms with Gasteiger partial charge >= 0.3 is 0 Å². The lowest BCUT2D eigenvalue weighted by atomic mass is 9.87. The van der Waals surface area contributed by atoms with Gasteiger partial charge in [-0.25, -0.2) is 4.68 Å². The average molecular weight is 481 g/mol. The van der Waals surface area contributed by atoms with Gasteiger partial charge < -0.3 is 19.5 Å². The summed E-state index contributed by atoms with van der Waals surface area (Å²) < 4.78 is 18.6. The third kappa shape index (κ3) is 5.75. The van der Waals surface area contributed by atoms with Gasteiger partial charge in [0.15, 0.2) is 5.69 Å². The van der Waals surface area contributed by atoms with Crippen LogP contribution in [-0.2, 0) is 5.41 Å². The van der Waals surface area contributed by atoms with Gasteiger partial charge in [-0.1, -0.05) is 45.9 Å². The standard InChI is InChI=1S/C27H36N4O4/c1-9-19(10-2)35-23-13-11-18(27(4,5)6)15-21(23)28-26(32)25-17(3)31(30-29-25)22-16-20(33-7)12-14-24(22)34-8/h11-16,19H,9-10H2,1-8H3,(H,28,32). The molecule has 0 saturated heterocycles. The molecule has 0 saturated carbocycles. The van der Waals surface area contributed by atoms with Crippen LogP contribution in [0.3, 0.4) is 0 Å². The second-order valence-corrected chi connectivity index (χ2v) is 9.44. The van der Waals surface area contributed by atoms with Gasteiger partial charge in [-0.05, 0) is 55.0 Å². The molecule has 8 heteroatoms. The number of methoxy groups -OCH3 is 2. The molecule has 0 fully saturated rings. The molecule has 8 nitrogen and oxygen atoms in total. The van der Waals surface area contributed by atoms with Gasteiger partial charge in [0.1, 0.15) is 22.9 Å². The number of amides is 1. The molecule has 1 heterocycles. The molecule has 0 radical (unpaired) electrons. The van der Waals surface area contributed by atoms with Crippen LogP contribution in [0.4, 0.5) is 5.69 Å². The average Bonchev–Trinajstić information content (AvgIpc) is 3.23. The Morgan fingerprint density at radius 2 is 1.71 bits per heavy atom. The van der Waals surface area contributed by atoms with Crippen molar-refractivity contribution in [2.24, 2.45) is 0 Å². The van der Waals surface area contributed by atoms with E-state index in [1.807, 2.05) is 18.2 Å². The van der Waals surface area contributed by atoms with E-state index in [-0.39, 0.29) is 23.1 Å². The molecule has 0 aliphatic carbocycles. The Bertz CT molecular complexity index is 1180. The molecule has 0 bridgehead atoms. The van der Waals surface area contributed by atoms with E-state index in [9.17, 15) is 4.79 Å². The SMILES string of the molecule is CCC(CC)Oc1ccc(C(C)(C)C)cc1NC(=O)c1nnn(-c2cc(OC)ccc2OC)c1C. The van der Waals surface area contributed by atoms with Crippen LogP contribution in [0.1, 0.15) is 69.2 Å². The zero-order valence-electron chi connectivity index (χ0n) is 21.9. The molecule has 35 heavy (non-hydrogen) atoms. The highest BCUT2D eigenvalue weighted by Crippen LogP contribution is 2.34. The summed E-state index contributed by atoms with van der Waals surface area (Å²) in [6.45, 7) is 12.4. The number of carbonyl (C=O) groups excluding carboxylic acids is 1. The third-order valence-electron chi connectivity index (χ3n) is 6.02. The Hall–Kier alpha value is -3.55. The molecule has 0 atom stereocenters. The molecule has 0 unspecified atom stereocenters. The highest BCUT2D eigenvalue weighted by molar-refractivity contribution is 6.04. The van der Waals surface area contributed by atoms with E-state index in [2.05, 4.69) is 50.2 Å². The summed E-state index contributed by atoms with van der Waals surface area (Å²) in [6.07, 6.45) is 1.82. The van der Waals surface area contributed by atoms with Crippen LogP contribution < -0.4 is 19.5 Å². The minimum Gasteiger partial charge on any atom is -0.497 e. The molecular formula is C27H36N4O4. The summed E-state index contributed by atoms with van der Waals surface area (Å²) in [7, 11) is 3.17. The van der Waals surface area contributed by atoms with Crippen molar-refractivity contribution in [3.05, 3.63) is 53.3 Å². The second kappa shape index (κ2) is 10.8. The van der Waals surface area contributed by atoms with Gasteiger partial charge in [-0.2, -0.15) is 0 Å². The Labute approximate surface area is 207 Å². The number of ether oxygens (including phenoxy) is 3. The Balaban J connectivity index is 1.98. The third-order valence-corrected chi connectivity index (χ3v) is 6.02. The number of benzene rings is 2. The van der Waals surface area contributed by atoms with Crippen LogP contribution in [0.5, 0.6) is 17.2 Å². The van der Waals surface area contributed by atoms with Gasteiger partial charge in [0.25, 0.3) is 5.91 Å². The predicted octanol–water partition coefficient (Wildman–Crippen LogP) is 5.71. The smallest absolute Gasteiger partial charge is 0.278 e. The van der Waals surface area contributed by atoms with Gasteiger partial charge in [0.05, 0.1) is 31.7 Å². The first-order valence-corrected chi connectivity index (χ1v) is 11.9. The summed E-state index contributed by atoms with van der Waals surface area (Å²) >= 11 is 0. The Kier molecular flexibility index (Phi) is 8.04. The molecule has 1 N–H and O–H groups in total. The number of carbonyl (C=O) groups is 1. The highest BCUT2D eigenvalue weighted by atomic mass is 16.5. The van der Waals surface area contributed by atoms with Crippen molar-refractivity contribution in [1.29, 1.82) is 0 Å². The van der Waals surface area contributed by atoms with Gasteiger partial charge in [0.2, 0.25) is 0 Å². The van der Waals surface area contributed by atoms with E-state index in [0.717, 1.165) is 18.4 Å². The van der Waals surface area contributed by atoms with Crippen molar-refractivity contribution < 1.29 is 19.0 Å². The number of nitrogens with zero attached hydrogens (tertiary/aromatic N) is 3. The fraction of sp³-hybridized carbons (Fsp3) is 0.444. The summed E-state index contributed by atoms with van der Waals surface area (Å²) in [5.41, 5.74) is 3.03. The van der Waals surface area contributed by atoms with Crippen LogP contribution in [-0.4, -0.2) is 41.2 Å². The topological polar surface area (TPSA) is 87.5 Å². The summed E-state index contributed by atoms with van der Waals surface area (Å²) in [5.74, 6) is 1.50. The zero-order chi connectivity index (χ0) is 25.8. The van der Waals surface area contributed by atoms with Crippen LogP contribution in [0, 0.1) is 6.92 Å². The van der Waals surface area contributed by atoms with E-state index in [4.69, 9.17) is 14.2 Å². The van der Waals surface area contributed by atoms with Gasteiger partial charge in [-0.15, -0.1) is 5.10 Å². The molecule has 1 aromatic heterocycles. The van der Waals surface area contributed by atoms with E-state index < -0.39 is 0 Å². The number of anilines is 1. The van der Waals surface area contributed by atoms with E-state index >= 15 is 0 Å². The molecular weight excluding hydrogens is 444 g/mol. The van der Waals surface area contributed by atoms with Crippen molar-refractivity contribution in [3.63, 3.8) is 0 Å². The Morgan fingerprint density at radius 1 is 1.03 bits per heavy atom. The van der Waals surface area contributed by atoms with Crippen molar-refractivity contribution in [1.82, 2.24) is 15.0 Å². The maximum atomic E-state index is 13.4. The van der Waals surface area contributed by atoms with Crippen LogP contribution in [0.15, 0.2) is 36.4 Å². The summed E-state index contributed by atoms with van der Waals surface area (Å²) in [4.78, 5) is 13.4. The van der Waals surface area contributed by atoms with Crippen molar-refractivity contribution >= 4 is 11.6 Å². The summed E-state index contributed by atoms with van der Waals surface area (Å²) in [5, 5.41) is 11.4. The maximum absolute atomic E-state index is 13.4. The van der Waals surface area contributed by atoms with Crippen LogP contribution in [0.25, 0.3) is 5.69 Å². The first-order chi connectivity index (χ1) is 16.6. The molecule has 3 aromatic rings.